The summed E-state index contributed by atoms with van der Waals surface area (Å²) < 4.78 is 29.6. The summed E-state index contributed by atoms with van der Waals surface area (Å²) in [7, 11) is -1.94. The Morgan fingerprint density at radius 2 is 2.00 bits per heavy atom. The Balaban J connectivity index is 2.27. The van der Waals surface area contributed by atoms with Gasteiger partial charge in [0.05, 0.1) is 25.4 Å². The molecule has 4 atom stereocenters. The molecule has 9 nitrogen and oxygen atoms in total. The Morgan fingerprint density at radius 3 is 2.54 bits per heavy atom. The second-order valence-electron chi connectivity index (χ2n) is 5.89. The Kier molecular flexibility index (Phi) is 7.14. The maximum absolute atomic E-state index is 12.5. The second kappa shape index (κ2) is 8.92. The van der Waals surface area contributed by atoms with Gasteiger partial charge in [-0.3, -0.25) is 18.9 Å². The van der Waals surface area contributed by atoms with Crippen LogP contribution in [0.25, 0.3) is 0 Å². The smallest absolute Gasteiger partial charge is 0.353 e. The molecule has 146 valence electrons. The predicted octanol–water partition coefficient (Wildman–Crippen LogP) is 1.25. The zero-order valence-electron chi connectivity index (χ0n) is 15.0. The minimum Gasteiger partial charge on any atom is -0.390 e. The summed E-state index contributed by atoms with van der Waals surface area (Å²) in [5.74, 6) is 0.927. The van der Waals surface area contributed by atoms with Crippen molar-refractivity contribution in [2.75, 3.05) is 20.3 Å². The van der Waals surface area contributed by atoms with Crippen LogP contribution in [0.3, 0.4) is 0 Å². The molecular formula is C16H25N2O7P. The summed E-state index contributed by atoms with van der Waals surface area (Å²) >= 11 is 0. The van der Waals surface area contributed by atoms with Gasteiger partial charge in [0.1, 0.15) is 6.10 Å². The van der Waals surface area contributed by atoms with Crippen LogP contribution in [0.5, 0.6) is 0 Å². The highest BCUT2D eigenvalue weighted by Gasteiger charge is 2.43. The summed E-state index contributed by atoms with van der Waals surface area (Å²) in [6, 6.07) is 0.759. The molecule has 0 spiro atoms. The Hall–Kier alpha value is -1.51. The molecule has 26 heavy (non-hydrogen) atoms. The average Bonchev–Trinajstić information content (AvgIpc) is 2.89. The number of methoxy groups -OCH3 is 1. The van der Waals surface area contributed by atoms with E-state index in [1.165, 1.54) is 29.8 Å². The van der Waals surface area contributed by atoms with Crippen molar-refractivity contribution in [3.63, 3.8) is 0 Å². The molecule has 0 bridgehead atoms. The van der Waals surface area contributed by atoms with Gasteiger partial charge in [0, 0.05) is 31.1 Å². The van der Waals surface area contributed by atoms with Crippen molar-refractivity contribution in [2.45, 2.75) is 38.5 Å². The van der Waals surface area contributed by atoms with E-state index in [4.69, 9.17) is 13.8 Å². The third-order valence-corrected chi connectivity index (χ3v) is 6.06. The van der Waals surface area contributed by atoms with E-state index < -0.39 is 43.0 Å². The molecule has 0 unspecified atom stereocenters. The van der Waals surface area contributed by atoms with Gasteiger partial charge in [0.25, 0.3) is 5.56 Å². The van der Waals surface area contributed by atoms with Gasteiger partial charge < -0.3 is 18.9 Å². The molecule has 0 amide bonds. The van der Waals surface area contributed by atoms with Gasteiger partial charge in [0.2, 0.25) is 0 Å². The van der Waals surface area contributed by atoms with Crippen LogP contribution in [0.2, 0.25) is 0 Å². The zero-order chi connectivity index (χ0) is 19.3. The molecule has 1 aromatic rings. The molecule has 0 saturated heterocycles. The number of aliphatic hydroxyl groups is 1. The topological polar surface area (TPSA) is 120 Å². The minimum absolute atomic E-state index is 0.227. The van der Waals surface area contributed by atoms with Crippen LogP contribution >= 0.6 is 7.60 Å². The fraction of sp³-hybridized carbons (Fsp3) is 0.625. The van der Waals surface area contributed by atoms with E-state index in [1.54, 1.807) is 19.9 Å². The van der Waals surface area contributed by atoms with Gasteiger partial charge in [0.15, 0.2) is 0 Å². The first-order chi connectivity index (χ1) is 12.3. The van der Waals surface area contributed by atoms with Gasteiger partial charge in [-0.15, -0.1) is 0 Å². The number of aliphatic hydroxyl groups excluding tert-OH is 1. The minimum atomic E-state index is -3.38. The standard InChI is InChI=1S/C16H25N2O7P/c1-4-24-26(22,25-5-2)9-7-11-10-12(15(23-3)14(11)20)18-8-6-13(19)17-16(18)21/h6-9,11-12,14-15,20H,4-5,10H2,1-3H3,(H,17,19,21)/b9-7+/t11-,12+,14+,15-/m0/s1. The van der Waals surface area contributed by atoms with E-state index in [0.717, 1.165) is 0 Å². The molecule has 1 aliphatic rings. The lowest BCUT2D eigenvalue weighted by Gasteiger charge is -2.22. The fourth-order valence-electron chi connectivity index (χ4n) is 3.17. The Labute approximate surface area is 151 Å². The van der Waals surface area contributed by atoms with Crippen LogP contribution in [0, 0.1) is 5.92 Å². The number of rotatable bonds is 8. The number of ether oxygens (including phenoxy) is 1. The lowest BCUT2D eigenvalue weighted by molar-refractivity contribution is -0.0183. The summed E-state index contributed by atoms with van der Waals surface area (Å²) in [4.78, 5) is 25.5. The summed E-state index contributed by atoms with van der Waals surface area (Å²) in [6.07, 6.45) is 1.74. The molecule has 0 aliphatic heterocycles. The van der Waals surface area contributed by atoms with Crippen molar-refractivity contribution in [1.29, 1.82) is 0 Å². The molecule has 2 rings (SSSR count). The van der Waals surface area contributed by atoms with E-state index in [9.17, 15) is 19.3 Å². The number of aromatic nitrogens is 2. The second-order valence-corrected chi connectivity index (χ2v) is 7.79. The van der Waals surface area contributed by atoms with Crippen molar-refractivity contribution in [1.82, 2.24) is 9.55 Å². The number of hydrogen-bond donors (Lipinski definition) is 2. The average molecular weight is 388 g/mol. The molecule has 0 radical (unpaired) electrons. The number of H-pyrrole nitrogens is 1. The van der Waals surface area contributed by atoms with Gasteiger partial charge in [-0.05, 0) is 20.3 Å². The molecule has 10 heteroatoms. The molecule has 2 N–H and O–H groups in total. The molecular weight excluding hydrogens is 363 g/mol. The molecule has 1 saturated carbocycles. The molecule has 1 aliphatic carbocycles. The normalized spacial score (nSPS) is 26.6. The summed E-state index contributed by atoms with van der Waals surface area (Å²) in [5.41, 5.74) is -1.07. The quantitative estimate of drug-likeness (QED) is 0.643. The lowest BCUT2D eigenvalue weighted by Crippen LogP contribution is -2.37. The number of hydrogen-bond acceptors (Lipinski definition) is 7. The first-order valence-electron chi connectivity index (χ1n) is 8.45. The van der Waals surface area contributed by atoms with Crippen LogP contribution in [0.15, 0.2) is 33.7 Å². The number of aromatic amines is 1. The van der Waals surface area contributed by atoms with Gasteiger partial charge in [-0.2, -0.15) is 0 Å². The van der Waals surface area contributed by atoms with Gasteiger partial charge in [-0.1, -0.05) is 6.08 Å². The van der Waals surface area contributed by atoms with Crippen LogP contribution in [-0.2, 0) is 18.3 Å². The van der Waals surface area contributed by atoms with Crippen molar-refractivity contribution in [3.05, 3.63) is 45.0 Å². The Bertz CT molecular complexity index is 777. The summed E-state index contributed by atoms with van der Waals surface area (Å²) in [6.45, 7) is 3.88. The largest absolute Gasteiger partial charge is 0.390 e. The monoisotopic (exact) mass is 388 g/mol. The fourth-order valence-corrected chi connectivity index (χ4v) is 4.57. The highest BCUT2D eigenvalue weighted by molar-refractivity contribution is 7.57. The first-order valence-corrected chi connectivity index (χ1v) is 10.1. The van der Waals surface area contributed by atoms with E-state index in [1.807, 2.05) is 0 Å². The first kappa shape index (κ1) is 20.8. The maximum atomic E-state index is 12.5. The highest BCUT2D eigenvalue weighted by Crippen LogP contribution is 2.50. The SMILES string of the molecule is CCOP(=O)(/C=C/[C@H]1C[C@@H](n2ccc(=O)[nH]c2=O)[C@H](OC)[C@@H]1O)OCC. The number of nitrogens with zero attached hydrogens (tertiary/aromatic N) is 1. The lowest BCUT2D eigenvalue weighted by atomic mass is 10.1. The summed E-state index contributed by atoms with van der Waals surface area (Å²) in [5, 5.41) is 10.5. The molecule has 1 fully saturated rings. The zero-order valence-corrected chi connectivity index (χ0v) is 15.9. The van der Waals surface area contributed by atoms with Gasteiger partial charge >= 0.3 is 13.3 Å². The van der Waals surface area contributed by atoms with Crippen molar-refractivity contribution >= 4 is 7.60 Å². The van der Waals surface area contributed by atoms with Crippen LogP contribution in [-0.4, -0.2) is 47.2 Å². The van der Waals surface area contributed by atoms with Crippen LogP contribution in [0.4, 0.5) is 0 Å². The molecule has 0 aromatic carbocycles. The van der Waals surface area contributed by atoms with E-state index >= 15 is 0 Å². The van der Waals surface area contributed by atoms with Crippen molar-refractivity contribution < 1.29 is 23.5 Å². The maximum Gasteiger partial charge on any atom is 0.353 e. The van der Waals surface area contributed by atoms with E-state index in [2.05, 4.69) is 4.98 Å². The Morgan fingerprint density at radius 1 is 1.35 bits per heavy atom. The van der Waals surface area contributed by atoms with Crippen molar-refractivity contribution in [3.8, 4) is 0 Å². The van der Waals surface area contributed by atoms with Crippen molar-refractivity contribution in [2.24, 2.45) is 5.92 Å². The van der Waals surface area contributed by atoms with E-state index in [0.29, 0.717) is 6.42 Å². The number of nitrogens with one attached hydrogen (secondary N) is 1. The van der Waals surface area contributed by atoms with Gasteiger partial charge in [-0.25, -0.2) is 4.79 Å². The third kappa shape index (κ3) is 4.61. The third-order valence-electron chi connectivity index (χ3n) is 4.28. The van der Waals surface area contributed by atoms with E-state index in [-0.39, 0.29) is 13.2 Å². The molecule has 1 aromatic heterocycles. The highest BCUT2D eigenvalue weighted by atomic mass is 31.2. The predicted molar refractivity (Wildman–Crippen MR) is 95.3 cm³/mol. The molecule has 1 heterocycles. The van der Waals surface area contributed by atoms with Crippen LogP contribution < -0.4 is 11.2 Å². The van der Waals surface area contributed by atoms with Crippen LogP contribution in [0.1, 0.15) is 26.3 Å².